The Morgan fingerprint density at radius 1 is 1.03 bits per heavy atom. The molecule has 4 rings (SSSR count). The van der Waals surface area contributed by atoms with E-state index in [1.807, 2.05) is 31.2 Å². The van der Waals surface area contributed by atoms with E-state index in [1.165, 1.54) is 39.9 Å². The molecule has 156 valence electrons. The average Bonchev–Trinajstić information content (AvgIpc) is 3.23. The van der Waals surface area contributed by atoms with E-state index in [-0.39, 0.29) is 10.8 Å². The lowest BCUT2D eigenvalue weighted by Crippen LogP contribution is -2.40. The number of aryl methyl sites for hydroxylation is 1. The first-order valence-corrected chi connectivity index (χ1v) is 11.6. The number of rotatable bonds is 5. The molecule has 1 aliphatic rings. The summed E-state index contributed by atoms with van der Waals surface area (Å²) in [6.45, 7) is 3.42. The van der Waals surface area contributed by atoms with Crippen molar-refractivity contribution in [3.05, 3.63) is 59.7 Å². The Labute approximate surface area is 178 Å². The minimum absolute atomic E-state index is 0.151. The number of carbonyl (C=O) groups is 1. The van der Waals surface area contributed by atoms with Gasteiger partial charge in [-0.15, -0.1) is 10.2 Å². The molecular weight excluding hydrogens is 424 g/mol. The molecule has 3 aromatic rings. The van der Waals surface area contributed by atoms with Gasteiger partial charge in [0, 0.05) is 24.2 Å². The van der Waals surface area contributed by atoms with Crippen LogP contribution in [0.15, 0.2) is 53.4 Å². The van der Waals surface area contributed by atoms with Crippen LogP contribution in [0, 0.1) is 6.92 Å². The van der Waals surface area contributed by atoms with Crippen LogP contribution in [0.4, 0.5) is 5.13 Å². The molecule has 1 aliphatic heterocycles. The monoisotopic (exact) mass is 444 g/mol. The molecule has 1 fully saturated rings. The summed E-state index contributed by atoms with van der Waals surface area (Å²) < 4.78 is 31.9. The van der Waals surface area contributed by atoms with Crippen LogP contribution < -0.4 is 5.32 Å². The number of carbonyl (C=O) groups excluding carboxylic acids is 1. The number of aromatic nitrogens is 2. The highest BCUT2D eigenvalue weighted by Crippen LogP contribution is 2.27. The number of hydrogen-bond acceptors (Lipinski definition) is 7. The predicted octanol–water partition coefficient (Wildman–Crippen LogP) is 2.79. The van der Waals surface area contributed by atoms with Gasteiger partial charge in [-0.1, -0.05) is 41.2 Å². The summed E-state index contributed by atoms with van der Waals surface area (Å²) in [5.41, 5.74) is 2.41. The predicted molar refractivity (Wildman–Crippen MR) is 114 cm³/mol. The topological polar surface area (TPSA) is 101 Å². The van der Waals surface area contributed by atoms with Crippen molar-refractivity contribution in [3.63, 3.8) is 0 Å². The van der Waals surface area contributed by atoms with Gasteiger partial charge in [0.2, 0.25) is 15.2 Å². The summed E-state index contributed by atoms with van der Waals surface area (Å²) >= 11 is 1.27. The Morgan fingerprint density at radius 2 is 1.70 bits per heavy atom. The molecule has 30 heavy (non-hydrogen) atoms. The van der Waals surface area contributed by atoms with Crippen molar-refractivity contribution in [1.82, 2.24) is 14.5 Å². The van der Waals surface area contributed by atoms with Crippen molar-refractivity contribution in [2.45, 2.75) is 11.8 Å². The number of ether oxygens (including phenoxy) is 1. The maximum Gasteiger partial charge on any atom is 0.257 e. The molecule has 10 heteroatoms. The number of nitrogens with one attached hydrogen (secondary N) is 1. The summed E-state index contributed by atoms with van der Waals surface area (Å²) in [5, 5.41) is 11.9. The molecule has 2 aromatic carbocycles. The minimum atomic E-state index is -3.59. The molecule has 0 atom stereocenters. The van der Waals surface area contributed by atoms with E-state index in [2.05, 4.69) is 15.5 Å². The first-order valence-electron chi connectivity index (χ1n) is 9.33. The molecule has 0 aliphatic carbocycles. The zero-order valence-electron chi connectivity index (χ0n) is 16.2. The van der Waals surface area contributed by atoms with Crippen LogP contribution in [0.2, 0.25) is 0 Å². The second kappa shape index (κ2) is 8.60. The van der Waals surface area contributed by atoms with Crippen LogP contribution in [0.1, 0.15) is 15.9 Å². The smallest absolute Gasteiger partial charge is 0.257 e. The molecule has 0 bridgehead atoms. The van der Waals surface area contributed by atoms with Crippen molar-refractivity contribution < 1.29 is 17.9 Å². The fourth-order valence-electron chi connectivity index (χ4n) is 2.97. The first kappa shape index (κ1) is 20.6. The van der Waals surface area contributed by atoms with Crippen LogP contribution in [0.3, 0.4) is 0 Å². The number of amides is 1. The van der Waals surface area contributed by atoms with E-state index in [0.717, 1.165) is 11.1 Å². The molecular formula is C20H20N4O4S2. The van der Waals surface area contributed by atoms with E-state index >= 15 is 0 Å². The maximum absolute atomic E-state index is 12.7. The zero-order chi connectivity index (χ0) is 21.1. The van der Waals surface area contributed by atoms with Gasteiger partial charge in [-0.3, -0.25) is 10.1 Å². The van der Waals surface area contributed by atoms with Crippen LogP contribution in [0.25, 0.3) is 10.6 Å². The summed E-state index contributed by atoms with van der Waals surface area (Å²) in [6, 6.07) is 13.7. The SMILES string of the molecule is Cc1ccc(-c2nnc(NC(=O)c3ccc(S(=O)(=O)N4CCOCC4)cc3)s2)cc1. The number of morpholine rings is 1. The third kappa shape index (κ3) is 4.41. The van der Waals surface area contributed by atoms with Gasteiger partial charge in [0.1, 0.15) is 5.01 Å². The molecule has 1 saturated heterocycles. The molecule has 1 aromatic heterocycles. The Morgan fingerprint density at radius 3 is 2.37 bits per heavy atom. The molecule has 8 nitrogen and oxygen atoms in total. The van der Waals surface area contributed by atoms with E-state index < -0.39 is 10.0 Å². The lowest BCUT2D eigenvalue weighted by molar-refractivity contribution is 0.0730. The quantitative estimate of drug-likeness (QED) is 0.649. The van der Waals surface area contributed by atoms with Gasteiger partial charge in [-0.25, -0.2) is 8.42 Å². The molecule has 1 amide bonds. The highest BCUT2D eigenvalue weighted by Gasteiger charge is 2.26. The molecule has 2 heterocycles. The lowest BCUT2D eigenvalue weighted by Gasteiger charge is -2.26. The van der Waals surface area contributed by atoms with Crippen molar-refractivity contribution in [2.24, 2.45) is 0 Å². The van der Waals surface area contributed by atoms with Gasteiger partial charge in [0.25, 0.3) is 5.91 Å². The highest BCUT2D eigenvalue weighted by molar-refractivity contribution is 7.89. The summed E-state index contributed by atoms with van der Waals surface area (Å²) in [5.74, 6) is -0.378. The van der Waals surface area contributed by atoms with E-state index in [1.54, 1.807) is 0 Å². The molecule has 0 unspecified atom stereocenters. The Bertz CT molecular complexity index is 1140. The third-order valence-corrected chi connectivity index (χ3v) is 7.47. The van der Waals surface area contributed by atoms with E-state index in [9.17, 15) is 13.2 Å². The standard InChI is InChI=1S/C20H20N4O4S2/c1-14-2-4-16(5-3-14)19-22-23-20(29-19)21-18(25)15-6-8-17(9-7-15)30(26,27)24-10-12-28-13-11-24/h2-9H,10-13H2,1H3,(H,21,23,25). The van der Waals surface area contributed by atoms with Gasteiger partial charge in [0.15, 0.2) is 0 Å². The Balaban J connectivity index is 1.45. The largest absolute Gasteiger partial charge is 0.379 e. The Hall–Kier alpha value is -2.66. The van der Waals surface area contributed by atoms with E-state index in [4.69, 9.17) is 4.74 Å². The summed E-state index contributed by atoms with van der Waals surface area (Å²) in [4.78, 5) is 12.7. The van der Waals surface area contributed by atoms with Crippen LogP contribution >= 0.6 is 11.3 Å². The average molecular weight is 445 g/mol. The van der Waals surface area contributed by atoms with Crippen molar-refractivity contribution in [2.75, 3.05) is 31.6 Å². The van der Waals surface area contributed by atoms with Gasteiger partial charge in [0.05, 0.1) is 18.1 Å². The fraction of sp³-hybridized carbons (Fsp3) is 0.250. The molecule has 1 N–H and O–H groups in total. The second-order valence-electron chi connectivity index (χ2n) is 6.77. The molecule has 0 saturated carbocycles. The van der Waals surface area contributed by atoms with E-state index in [0.29, 0.717) is 42.0 Å². The maximum atomic E-state index is 12.7. The van der Waals surface area contributed by atoms with Crippen LogP contribution in [-0.4, -0.2) is 55.1 Å². The van der Waals surface area contributed by atoms with Gasteiger partial charge < -0.3 is 4.74 Å². The minimum Gasteiger partial charge on any atom is -0.379 e. The second-order valence-corrected chi connectivity index (χ2v) is 9.69. The highest BCUT2D eigenvalue weighted by atomic mass is 32.2. The summed E-state index contributed by atoms with van der Waals surface area (Å²) in [7, 11) is -3.59. The number of nitrogens with zero attached hydrogens (tertiary/aromatic N) is 3. The number of benzene rings is 2. The first-order chi connectivity index (χ1) is 14.4. The third-order valence-electron chi connectivity index (χ3n) is 4.67. The van der Waals surface area contributed by atoms with Gasteiger partial charge in [-0.2, -0.15) is 4.31 Å². The van der Waals surface area contributed by atoms with Crippen molar-refractivity contribution in [1.29, 1.82) is 0 Å². The molecule has 0 radical (unpaired) electrons. The zero-order valence-corrected chi connectivity index (χ0v) is 17.9. The fourth-order valence-corrected chi connectivity index (χ4v) is 5.12. The number of hydrogen-bond donors (Lipinski definition) is 1. The van der Waals surface area contributed by atoms with Crippen LogP contribution in [-0.2, 0) is 14.8 Å². The van der Waals surface area contributed by atoms with Crippen molar-refractivity contribution in [3.8, 4) is 10.6 Å². The van der Waals surface area contributed by atoms with Gasteiger partial charge in [-0.05, 0) is 31.2 Å². The van der Waals surface area contributed by atoms with Crippen molar-refractivity contribution >= 4 is 32.4 Å². The molecule has 0 spiro atoms. The number of sulfonamides is 1. The number of anilines is 1. The lowest BCUT2D eigenvalue weighted by atomic mass is 10.2. The van der Waals surface area contributed by atoms with Gasteiger partial charge >= 0.3 is 0 Å². The summed E-state index contributed by atoms with van der Waals surface area (Å²) in [6.07, 6.45) is 0. The van der Waals surface area contributed by atoms with Crippen LogP contribution in [0.5, 0.6) is 0 Å². The normalized spacial score (nSPS) is 15.1. The Kier molecular flexibility index (Phi) is 5.91.